The van der Waals surface area contributed by atoms with E-state index in [2.05, 4.69) is 0 Å². The third-order valence-electron chi connectivity index (χ3n) is 4.92. The van der Waals surface area contributed by atoms with Crippen LogP contribution in [0, 0.1) is 0 Å². The average molecular weight is 381 g/mol. The molecule has 1 aliphatic carbocycles. The Morgan fingerprint density at radius 2 is 1.33 bits per heavy atom. The van der Waals surface area contributed by atoms with Gasteiger partial charge < -0.3 is 0 Å². The molecule has 0 radical (unpaired) electrons. The predicted octanol–water partition coefficient (Wildman–Crippen LogP) is 3.68. The number of carbonyl (C=O) groups is 1. The molecule has 0 saturated carbocycles. The van der Waals surface area contributed by atoms with Crippen molar-refractivity contribution in [2.45, 2.75) is 12.8 Å². The Morgan fingerprint density at radius 1 is 0.852 bits per heavy atom. The summed E-state index contributed by atoms with van der Waals surface area (Å²) in [5.41, 5.74) is 0.534. The zero-order valence-electron chi connectivity index (χ0n) is 14.6. The van der Waals surface area contributed by atoms with E-state index in [0.717, 1.165) is 0 Å². The summed E-state index contributed by atoms with van der Waals surface area (Å²) in [6, 6.07) is 14.7. The van der Waals surface area contributed by atoms with Crippen molar-refractivity contribution in [3.05, 3.63) is 71.5 Å². The maximum absolute atomic E-state index is 12.1. The van der Waals surface area contributed by atoms with Crippen LogP contribution in [0.3, 0.4) is 0 Å². The third kappa shape index (κ3) is 2.21. The van der Waals surface area contributed by atoms with Crippen LogP contribution in [-0.2, 0) is 9.53 Å². The van der Waals surface area contributed by atoms with E-state index in [1.54, 1.807) is 0 Å². The molecule has 2 aromatic carbocycles. The van der Waals surface area contributed by atoms with Gasteiger partial charge in [0, 0.05) is 0 Å². The number of hydrogen-bond acceptors (Lipinski definition) is 6. The summed E-state index contributed by atoms with van der Waals surface area (Å²) < 4.78 is 30.4. The summed E-state index contributed by atoms with van der Waals surface area (Å²) in [6.07, 6.45) is 4.61. The number of fused-ring (bicyclic) bond motifs is 2. The van der Waals surface area contributed by atoms with Crippen molar-refractivity contribution in [3.63, 3.8) is 0 Å². The molecular formula is C20H17O6Si-. The van der Waals surface area contributed by atoms with Gasteiger partial charge in [-0.05, 0) is 0 Å². The average Bonchev–Trinajstić information content (AvgIpc) is 3.22. The van der Waals surface area contributed by atoms with Crippen LogP contribution in [-0.4, -0.2) is 21.4 Å². The summed E-state index contributed by atoms with van der Waals surface area (Å²) in [5.74, 6) is 1.87. The van der Waals surface area contributed by atoms with Gasteiger partial charge in [-0.1, -0.05) is 0 Å². The molecule has 2 aliphatic heterocycles. The van der Waals surface area contributed by atoms with E-state index < -0.39 is 8.33 Å². The molecule has 1 spiro atoms. The first kappa shape index (κ1) is 16.0. The summed E-state index contributed by atoms with van der Waals surface area (Å²) in [4.78, 5) is 12.1. The topological polar surface area (TPSA) is 63.2 Å². The van der Waals surface area contributed by atoms with E-state index in [9.17, 15) is 4.79 Å². The van der Waals surface area contributed by atoms with Crippen LogP contribution in [0.25, 0.3) is 0 Å². The van der Waals surface area contributed by atoms with Crippen LogP contribution in [0.4, 0.5) is 0 Å². The fourth-order valence-electron chi connectivity index (χ4n) is 3.67. The molecule has 0 N–H and O–H groups in total. The quantitative estimate of drug-likeness (QED) is 0.584. The van der Waals surface area contributed by atoms with E-state index in [-0.39, 0.29) is 12.4 Å². The second-order valence-corrected chi connectivity index (χ2v) is 9.85. The van der Waals surface area contributed by atoms with E-state index in [1.165, 1.54) is 7.11 Å². The number of hydrogen-bond donors (Lipinski definition) is 0. The fourth-order valence-corrected chi connectivity index (χ4v) is 7.57. The van der Waals surface area contributed by atoms with Crippen LogP contribution in [0.15, 0.2) is 71.5 Å². The molecule has 138 valence electrons. The van der Waals surface area contributed by atoms with Crippen LogP contribution < -0.4 is 17.7 Å². The summed E-state index contributed by atoms with van der Waals surface area (Å²) in [5, 5.41) is 0.699. The summed E-state index contributed by atoms with van der Waals surface area (Å²) in [7, 11) is -3.17. The molecule has 2 aromatic rings. The fraction of sp³-hybridized carbons (Fsp3) is 0.150. The number of allylic oxidation sites excluding steroid dienone is 3. The van der Waals surface area contributed by atoms with Crippen LogP contribution in [0.5, 0.6) is 23.0 Å². The normalized spacial score (nSPS) is 21.6. The Bertz CT molecular complexity index is 912. The SMILES string of the molecule is COC(=O)C1=CCC=C([Si-]23(Oc4ccccc4O2)Oc2ccccc2O3)C1. The molecule has 0 saturated heterocycles. The van der Waals surface area contributed by atoms with Crippen LogP contribution >= 0.6 is 0 Å². The standard InChI is InChI=1S/C20H17O6Si/c1-22-20(21)14-7-6-8-15(13-14)27(23-16-9-2-3-10-17(16)24-27)25-18-11-4-5-12-19(18)26-27/h2-5,7-12H,6,13H2,1H3/q-1. The number of ether oxygens (including phenoxy) is 1. The zero-order chi connectivity index (χ0) is 18.5. The van der Waals surface area contributed by atoms with Gasteiger partial charge in [0.15, 0.2) is 0 Å². The van der Waals surface area contributed by atoms with Gasteiger partial charge in [0.05, 0.1) is 0 Å². The molecule has 0 atom stereocenters. The molecule has 27 heavy (non-hydrogen) atoms. The molecule has 0 bridgehead atoms. The Morgan fingerprint density at radius 3 is 1.78 bits per heavy atom. The van der Waals surface area contributed by atoms with Crippen molar-refractivity contribution in [1.82, 2.24) is 0 Å². The first-order chi connectivity index (χ1) is 13.1. The number of carbonyl (C=O) groups excluding carboxylic acids is 1. The number of esters is 1. The molecule has 2 heterocycles. The Balaban J connectivity index is 1.62. The molecule has 3 aliphatic rings. The van der Waals surface area contributed by atoms with Gasteiger partial charge in [-0.3, -0.25) is 0 Å². The van der Waals surface area contributed by atoms with Crippen molar-refractivity contribution < 1.29 is 27.2 Å². The van der Waals surface area contributed by atoms with E-state index in [4.69, 9.17) is 22.4 Å². The number of para-hydroxylation sites is 4. The predicted molar refractivity (Wildman–Crippen MR) is 98.6 cm³/mol. The van der Waals surface area contributed by atoms with Crippen LogP contribution in [0.1, 0.15) is 12.8 Å². The minimum absolute atomic E-state index is 0.280. The molecule has 7 heteroatoms. The van der Waals surface area contributed by atoms with Gasteiger partial charge in [0.1, 0.15) is 0 Å². The molecule has 0 unspecified atom stereocenters. The third-order valence-corrected chi connectivity index (χ3v) is 8.64. The Kier molecular flexibility index (Phi) is 3.20. The van der Waals surface area contributed by atoms with Crippen molar-refractivity contribution in [2.75, 3.05) is 7.11 Å². The Labute approximate surface area is 156 Å². The molecule has 0 amide bonds. The number of benzene rings is 2. The van der Waals surface area contributed by atoms with Gasteiger partial charge in [-0.15, -0.1) is 0 Å². The number of rotatable bonds is 2. The number of methoxy groups -OCH3 is 1. The first-order valence-electron chi connectivity index (χ1n) is 8.71. The van der Waals surface area contributed by atoms with Gasteiger partial charge in [-0.25, -0.2) is 0 Å². The van der Waals surface area contributed by atoms with Gasteiger partial charge in [0.2, 0.25) is 0 Å². The molecule has 5 rings (SSSR count). The van der Waals surface area contributed by atoms with Crippen molar-refractivity contribution >= 4 is 14.3 Å². The monoisotopic (exact) mass is 381 g/mol. The minimum atomic E-state index is -4.54. The van der Waals surface area contributed by atoms with Gasteiger partial charge in [-0.2, -0.15) is 0 Å². The van der Waals surface area contributed by atoms with Crippen molar-refractivity contribution in [2.24, 2.45) is 0 Å². The van der Waals surface area contributed by atoms with Crippen molar-refractivity contribution in [3.8, 4) is 23.0 Å². The molecule has 0 fully saturated rings. The first-order valence-corrected chi connectivity index (χ1v) is 10.8. The van der Waals surface area contributed by atoms with Crippen molar-refractivity contribution in [1.29, 1.82) is 0 Å². The molecule has 6 nitrogen and oxygen atoms in total. The van der Waals surface area contributed by atoms with Crippen LogP contribution in [0.2, 0.25) is 0 Å². The molecular weight excluding hydrogens is 364 g/mol. The summed E-state index contributed by atoms with van der Waals surface area (Å²) >= 11 is 0. The zero-order valence-corrected chi connectivity index (χ0v) is 15.6. The summed E-state index contributed by atoms with van der Waals surface area (Å²) in [6.45, 7) is 0. The second-order valence-electron chi connectivity index (χ2n) is 6.57. The van der Waals surface area contributed by atoms with E-state index in [0.29, 0.717) is 40.2 Å². The Hall–Kier alpha value is -3.19. The molecule has 0 aromatic heterocycles. The van der Waals surface area contributed by atoms with E-state index >= 15 is 0 Å². The maximum atomic E-state index is 12.1. The van der Waals surface area contributed by atoms with Gasteiger partial charge >= 0.3 is 156 Å². The van der Waals surface area contributed by atoms with Gasteiger partial charge in [0.25, 0.3) is 0 Å². The second kappa shape index (κ2) is 5.40. The van der Waals surface area contributed by atoms with E-state index in [1.807, 2.05) is 60.7 Å².